The Morgan fingerprint density at radius 1 is 1.20 bits per heavy atom. The van der Waals surface area contributed by atoms with E-state index in [9.17, 15) is 0 Å². The molecule has 1 heterocycles. The molecule has 0 radical (unpaired) electrons. The van der Waals surface area contributed by atoms with Gasteiger partial charge in [-0.05, 0) is 36.0 Å². The van der Waals surface area contributed by atoms with Crippen LogP contribution in [0.3, 0.4) is 0 Å². The van der Waals surface area contributed by atoms with E-state index in [2.05, 4.69) is 45.5 Å². The number of hydrogen-bond donors (Lipinski definition) is 1. The van der Waals surface area contributed by atoms with Gasteiger partial charge >= 0.3 is 0 Å². The van der Waals surface area contributed by atoms with Gasteiger partial charge in [-0.2, -0.15) is 0 Å². The van der Waals surface area contributed by atoms with E-state index < -0.39 is 0 Å². The van der Waals surface area contributed by atoms with Gasteiger partial charge in [0.25, 0.3) is 0 Å². The fraction of sp³-hybridized carbons (Fsp3) is 0.538. The second-order valence-electron chi connectivity index (χ2n) is 4.95. The third-order valence-corrected chi connectivity index (χ3v) is 4.72. The number of halogens is 1. The molecule has 2 aliphatic rings. The van der Waals surface area contributed by atoms with Gasteiger partial charge in [0.15, 0.2) is 0 Å². The average molecular weight is 266 g/mol. The zero-order valence-corrected chi connectivity index (χ0v) is 10.4. The van der Waals surface area contributed by atoms with Crippen molar-refractivity contribution in [2.24, 2.45) is 5.41 Å². The molecule has 1 aromatic carbocycles. The highest BCUT2D eigenvalue weighted by molar-refractivity contribution is 9.10. The Balaban J connectivity index is 1.90. The number of benzene rings is 1. The molecule has 1 aliphatic heterocycles. The molecule has 1 nitrogen and oxygen atoms in total. The predicted octanol–water partition coefficient (Wildman–Crippen LogP) is 3.31. The molecular formula is C13H16BrN. The number of rotatable bonds is 1. The molecule has 15 heavy (non-hydrogen) atoms. The first kappa shape index (κ1) is 9.86. The van der Waals surface area contributed by atoms with Gasteiger partial charge in [0.05, 0.1) is 0 Å². The van der Waals surface area contributed by atoms with Crippen molar-refractivity contribution in [2.45, 2.75) is 25.2 Å². The first-order valence-corrected chi connectivity index (χ1v) is 6.56. The van der Waals surface area contributed by atoms with Crippen LogP contribution in [0.5, 0.6) is 0 Å². The summed E-state index contributed by atoms with van der Waals surface area (Å²) in [5, 5.41) is 3.57. The van der Waals surface area contributed by atoms with Crippen LogP contribution in [0.15, 0.2) is 28.7 Å². The minimum absolute atomic E-state index is 0.605. The Hall–Kier alpha value is -0.340. The molecule has 1 atom stereocenters. The molecule has 3 rings (SSSR count). The fourth-order valence-electron chi connectivity index (χ4n) is 3.13. The number of hydrogen-bond acceptors (Lipinski definition) is 1. The summed E-state index contributed by atoms with van der Waals surface area (Å²) in [5.41, 5.74) is 2.12. The molecule has 1 unspecified atom stereocenters. The van der Waals surface area contributed by atoms with Gasteiger partial charge < -0.3 is 5.32 Å². The molecule has 1 aliphatic carbocycles. The first-order chi connectivity index (χ1) is 7.30. The smallest absolute Gasteiger partial charge is 0.0175 e. The molecule has 1 spiro atoms. The van der Waals surface area contributed by atoms with Crippen molar-refractivity contribution >= 4 is 15.9 Å². The van der Waals surface area contributed by atoms with Gasteiger partial charge in [-0.1, -0.05) is 34.5 Å². The van der Waals surface area contributed by atoms with Crippen LogP contribution in [0.2, 0.25) is 0 Å². The summed E-state index contributed by atoms with van der Waals surface area (Å²) in [7, 11) is 0. The van der Waals surface area contributed by atoms with E-state index in [-0.39, 0.29) is 0 Å². The fourth-order valence-corrected chi connectivity index (χ4v) is 3.39. The van der Waals surface area contributed by atoms with Gasteiger partial charge in [0.2, 0.25) is 0 Å². The van der Waals surface area contributed by atoms with E-state index in [1.165, 1.54) is 42.4 Å². The Bertz CT molecular complexity index is 353. The van der Waals surface area contributed by atoms with Crippen molar-refractivity contribution in [3.05, 3.63) is 34.3 Å². The molecule has 1 saturated carbocycles. The molecule has 2 fully saturated rings. The number of nitrogens with one attached hydrogen (secondary N) is 1. The third kappa shape index (κ3) is 1.55. The van der Waals surface area contributed by atoms with Crippen LogP contribution in [0.1, 0.15) is 30.7 Å². The summed E-state index contributed by atoms with van der Waals surface area (Å²) in [5.74, 6) is 0.749. The van der Waals surface area contributed by atoms with Crippen molar-refractivity contribution in [1.82, 2.24) is 5.32 Å². The molecule has 0 bridgehead atoms. The van der Waals surface area contributed by atoms with Crippen molar-refractivity contribution < 1.29 is 0 Å². The van der Waals surface area contributed by atoms with Crippen molar-refractivity contribution in [1.29, 1.82) is 0 Å². The normalized spacial score (nSPS) is 27.9. The van der Waals surface area contributed by atoms with E-state index in [1.807, 2.05) is 0 Å². The van der Waals surface area contributed by atoms with Gasteiger partial charge in [-0.3, -0.25) is 0 Å². The monoisotopic (exact) mass is 265 g/mol. The van der Waals surface area contributed by atoms with E-state index in [4.69, 9.17) is 0 Å². The Kier molecular flexibility index (Phi) is 2.37. The van der Waals surface area contributed by atoms with Gasteiger partial charge in [-0.25, -0.2) is 0 Å². The van der Waals surface area contributed by atoms with E-state index >= 15 is 0 Å². The van der Waals surface area contributed by atoms with E-state index in [0.717, 1.165) is 5.92 Å². The molecule has 0 amide bonds. The molecule has 1 saturated heterocycles. The second-order valence-corrected chi connectivity index (χ2v) is 5.87. The molecule has 1 aromatic rings. The van der Waals surface area contributed by atoms with Gasteiger partial charge in [0, 0.05) is 23.5 Å². The lowest BCUT2D eigenvalue weighted by molar-refractivity contribution is 0.137. The largest absolute Gasteiger partial charge is 0.316 e. The maximum absolute atomic E-state index is 3.57. The van der Waals surface area contributed by atoms with Crippen LogP contribution in [-0.2, 0) is 0 Å². The van der Waals surface area contributed by atoms with E-state index in [1.54, 1.807) is 0 Å². The van der Waals surface area contributed by atoms with Crippen LogP contribution in [0, 0.1) is 5.41 Å². The van der Waals surface area contributed by atoms with E-state index in [0.29, 0.717) is 5.41 Å². The zero-order valence-electron chi connectivity index (χ0n) is 8.80. The maximum Gasteiger partial charge on any atom is 0.0175 e. The topological polar surface area (TPSA) is 12.0 Å². The lowest BCUT2D eigenvalue weighted by atomic mass is 9.61. The highest BCUT2D eigenvalue weighted by atomic mass is 79.9. The highest BCUT2D eigenvalue weighted by Gasteiger charge is 2.47. The lowest BCUT2D eigenvalue weighted by Gasteiger charge is -2.43. The van der Waals surface area contributed by atoms with Crippen molar-refractivity contribution in [3.63, 3.8) is 0 Å². The standard InChI is InChI=1S/C13H16BrN/c14-11-4-2-10(3-5-11)12-8-15-9-13(12)6-1-7-13/h2-5,12,15H,1,6-9H2. The highest BCUT2D eigenvalue weighted by Crippen LogP contribution is 2.53. The van der Waals surface area contributed by atoms with Crippen LogP contribution >= 0.6 is 15.9 Å². The molecular weight excluding hydrogens is 250 g/mol. The summed E-state index contributed by atoms with van der Waals surface area (Å²) in [6.45, 7) is 2.40. The molecule has 0 aromatic heterocycles. The lowest BCUT2D eigenvalue weighted by Crippen LogP contribution is -2.35. The van der Waals surface area contributed by atoms with Crippen LogP contribution in [0.4, 0.5) is 0 Å². The Labute approximate surface area is 99.4 Å². The summed E-state index contributed by atoms with van der Waals surface area (Å²) in [6.07, 6.45) is 4.26. The SMILES string of the molecule is Brc1ccc(C2CNCC23CCC3)cc1. The summed E-state index contributed by atoms with van der Waals surface area (Å²) in [4.78, 5) is 0. The predicted molar refractivity (Wildman–Crippen MR) is 66.0 cm³/mol. The third-order valence-electron chi connectivity index (χ3n) is 4.19. The summed E-state index contributed by atoms with van der Waals surface area (Å²) < 4.78 is 1.18. The Morgan fingerprint density at radius 3 is 2.53 bits per heavy atom. The quantitative estimate of drug-likeness (QED) is 0.822. The maximum atomic E-state index is 3.57. The van der Waals surface area contributed by atoms with Crippen molar-refractivity contribution in [2.75, 3.05) is 13.1 Å². The molecule has 80 valence electrons. The van der Waals surface area contributed by atoms with Gasteiger partial charge in [-0.15, -0.1) is 0 Å². The van der Waals surface area contributed by atoms with Crippen LogP contribution < -0.4 is 5.32 Å². The van der Waals surface area contributed by atoms with Crippen LogP contribution in [-0.4, -0.2) is 13.1 Å². The minimum Gasteiger partial charge on any atom is -0.316 e. The average Bonchev–Trinajstić information content (AvgIpc) is 2.62. The molecule has 1 N–H and O–H groups in total. The minimum atomic E-state index is 0.605. The van der Waals surface area contributed by atoms with Crippen molar-refractivity contribution in [3.8, 4) is 0 Å². The van der Waals surface area contributed by atoms with Crippen LogP contribution in [0.25, 0.3) is 0 Å². The zero-order chi connectivity index (χ0) is 10.3. The Morgan fingerprint density at radius 2 is 1.93 bits per heavy atom. The molecule has 2 heteroatoms. The second kappa shape index (κ2) is 3.60. The first-order valence-electron chi connectivity index (χ1n) is 5.76. The summed E-state index contributed by atoms with van der Waals surface area (Å²) >= 11 is 3.50. The summed E-state index contributed by atoms with van der Waals surface area (Å²) in [6, 6.07) is 8.89. The van der Waals surface area contributed by atoms with Gasteiger partial charge in [0.1, 0.15) is 0 Å².